The molecule has 2 aromatic carbocycles. The number of ether oxygens (including phenoxy) is 1. The summed E-state index contributed by atoms with van der Waals surface area (Å²) in [5.74, 6) is 0.766. The molecule has 0 unspecified atom stereocenters. The number of piperazine rings is 1. The molecule has 6 heteroatoms. The summed E-state index contributed by atoms with van der Waals surface area (Å²) in [5.41, 5.74) is 2.27. The molecule has 2 amide bonds. The lowest BCUT2D eigenvalue weighted by atomic mass is 10.1. The molecule has 6 nitrogen and oxygen atoms in total. The molecule has 1 heterocycles. The second kappa shape index (κ2) is 9.09. The predicted octanol–water partition coefficient (Wildman–Crippen LogP) is 2.16. The van der Waals surface area contributed by atoms with E-state index in [0.717, 1.165) is 37.1 Å². The smallest absolute Gasteiger partial charge is 0.260 e. The van der Waals surface area contributed by atoms with Crippen LogP contribution in [0.25, 0.3) is 11.1 Å². The Labute approximate surface area is 171 Å². The summed E-state index contributed by atoms with van der Waals surface area (Å²) < 4.78 is 5.69. The average Bonchev–Trinajstić information content (AvgIpc) is 3.57. The van der Waals surface area contributed by atoms with Gasteiger partial charge in [-0.2, -0.15) is 0 Å². The molecular weight excluding hydrogens is 366 g/mol. The van der Waals surface area contributed by atoms with Crippen LogP contribution in [-0.2, 0) is 9.59 Å². The van der Waals surface area contributed by atoms with E-state index in [4.69, 9.17) is 4.74 Å². The summed E-state index contributed by atoms with van der Waals surface area (Å²) in [5, 5.41) is 3.01. The van der Waals surface area contributed by atoms with E-state index in [0.29, 0.717) is 31.4 Å². The fourth-order valence-electron chi connectivity index (χ4n) is 3.47. The van der Waals surface area contributed by atoms with Crippen molar-refractivity contribution < 1.29 is 14.3 Å². The van der Waals surface area contributed by atoms with E-state index in [-0.39, 0.29) is 18.4 Å². The van der Waals surface area contributed by atoms with E-state index >= 15 is 0 Å². The number of nitrogens with zero attached hydrogens (tertiary/aromatic N) is 2. The van der Waals surface area contributed by atoms with Crippen LogP contribution in [0.1, 0.15) is 12.8 Å². The monoisotopic (exact) mass is 393 g/mol. The quantitative estimate of drug-likeness (QED) is 0.783. The minimum Gasteiger partial charge on any atom is -0.484 e. The number of carbonyl (C=O) groups excluding carboxylic acids is 2. The number of benzene rings is 2. The van der Waals surface area contributed by atoms with Crippen LogP contribution >= 0.6 is 0 Å². The molecule has 4 rings (SSSR count). The van der Waals surface area contributed by atoms with Crippen LogP contribution in [0, 0.1) is 0 Å². The first-order valence-corrected chi connectivity index (χ1v) is 10.3. The van der Waals surface area contributed by atoms with Gasteiger partial charge in [-0.25, -0.2) is 0 Å². The Kier molecular flexibility index (Phi) is 6.10. The van der Waals surface area contributed by atoms with Gasteiger partial charge < -0.3 is 15.0 Å². The highest BCUT2D eigenvalue weighted by Crippen LogP contribution is 2.22. The zero-order valence-corrected chi connectivity index (χ0v) is 16.5. The minimum atomic E-state index is -0.0146. The molecule has 0 aromatic heterocycles. The van der Waals surface area contributed by atoms with Gasteiger partial charge in [0.15, 0.2) is 6.61 Å². The van der Waals surface area contributed by atoms with Gasteiger partial charge in [-0.05, 0) is 36.1 Å². The lowest BCUT2D eigenvalue weighted by Gasteiger charge is -2.34. The number of amides is 2. The summed E-state index contributed by atoms with van der Waals surface area (Å²) in [6.45, 7) is 3.15. The van der Waals surface area contributed by atoms with Gasteiger partial charge in [-0.15, -0.1) is 0 Å². The predicted molar refractivity (Wildman–Crippen MR) is 112 cm³/mol. The van der Waals surface area contributed by atoms with Crippen molar-refractivity contribution in [3.8, 4) is 16.9 Å². The second-order valence-electron chi connectivity index (χ2n) is 7.68. The molecule has 2 fully saturated rings. The van der Waals surface area contributed by atoms with Crippen LogP contribution in [0.2, 0.25) is 0 Å². The van der Waals surface area contributed by atoms with Crippen molar-refractivity contribution in [2.24, 2.45) is 0 Å². The molecule has 1 saturated carbocycles. The van der Waals surface area contributed by atoms with E-state index < -0.39 is 0 Å². The van der Waals surface area contributed by atoms with Crippen LogP contribution < -0.4 is 10.1 Å². The molecule has 1 saturated heterocycles. The van der Waals surface area contributed by atoms with Crippen LogP contribution in [0.15, 0.2) is 54.6 Å². The van der Waals surface area contributed by atoms with E-state index in [2.05, 4.69) is 22.3 Å². The first-order chi connectivity index (χ1) is 14.2. The van der Waals surface area contributed by atoms with Gasteiger partial charge in [0.1, 0.15) is 5.75 Å². The largest absolute Gasteiger partial charge is 0.484 e. The fourth-order valence-corrected chi connectivity index (χ4v) is 3.47. The molecule has 29 heavy (non-hydrogen) atoms. The summed E-state index contributed by atoms with van der Waals surface area (Å²) in [7, 11) is 0. The van der Waals surface area contributed by atoms with Crippen molar-refractivity contribution in [2.75, 3.05) is 39.3 Å². The molecule has 0 spiro atoms. The van der Waals surface area contributed by atoms with Gasteiger partial charge in [0.25, 0.3) is 5.91 Å². The molecule has 0 radical (unpaired) electrons. The van der Waals surface area contributed by atoms with Crippen molar-refractivity contribution in [1.29, 1.82) is 0 Å². The summed E-state index contributed by atoms with van der Waals surface area (Å²) in [6.07, 6.45) is 2.20. The number of nitrogens with one attached hydrogen (secondary N) is 1. The molecule has 2 aliphatic rings. The van der Waals surface area contributed by atoms with E-state index in [1.165, 1.54) is 0 Å². The third-order valence-corrected chi connectivity index (χ3v) is 5.36. The highest BCUT2D eigenvalue weighted by atomic mass is 16.5. The molecule has 0 bridgehead atoms. The molecule has 0 atom stereocenters. The fraction of sp³-hybridized carbons (Fsp3) is 0.391. The maximum atomic E-state index is 12.4. The molecule has 152 valence electrons. The summed E-state index contributed by atoms with van der Waals surface area (Å²) in [6, 6.07) is 18.3. The highest BCUT2D eigenvalue weighted by molar-refractivity contribution is 5.79. The number of carbonyl (C=O) groups is 2. The first kappa shape index (κ1) is 19.5. The topological polar surface area (TPSA) is 61.9 Å². The van der Waals surface area contributed by atoms with E-state index in [1.807, 2.05) is 47.4 Å². The Bertz CT molecular complexity index is 826. The van der Waals surface area contributed by atoms with Crippen molar-refractivity contribution in [2.45, 2.75) is 18.9 Å². The second-order valence-corrected chi connectivity index (χ2v) is 7.68. The molecule has 1 N–H and O–H groups in total. The van der Waals surface area contributed by atoms with Crippen molar-refractivity contribution in [3.05, 3.63) is 54.6 Å². The zero-order valence-electron chi connectivity index (χ0n) is 16.5. The maximum Gasteiger partial charge on any atom is 0.260 e. The van der Waals surface area contributed by atoms with Crippen LogP contribution in [0.5, 0.6) is 5.75 Å². The van der Waals surface area contributed by atoms with Gasteiger partial charge in [-0.3, -0.25) is 14.5 Å². The van der Waals surface area contributed by atoms with Gasteiger partial charge in [0.05, 0.1) is 6.54 Å². The maximum absolute atomic E-state index is 12.4. The zero-order chi connectivity index (χ0) is 20.1. The Balaban J connectivity index is 1.19. The number of hydrogen-bond donors (Lipinski definition) is 1. The van der Waals surface area contributed by atoms with Crippen molar-refractivity contribution in [1.82, 2.24) is 15.1 Å². The van der Waals surface area contributed by atoms with Crippen LogP contribution in [-0.4, -0.2) is 67.0 Å². The third-order valence-electron chi connectivity index (χ3n) is 5.36. The Morgan fingerprint density at radius 3 is 2.21 bits per heavy atom. The molecule has 2 aromatic rings. The summed E-state index contributed by atoms with van der Waals surface area (Å²) >= 11 is 0. The van der Waals surface area contributed by atoms with Gasteiger partial charge >= 0.3 is 0 Å². The van der Waals surface area contributed by atoms with Gasteiger partial charge in [0, 0.05) is 32.2 Å². The van der Waals surface area contributed by atoms with E-state index in [1.54, 1.807) is 0 Å². The lowest BCUT2D eigenvalue weighted by Crippen LogP contribution is -2.52. The average molecular weight is 393 g/mol. The number of hydrogen-bond acceptors (Lipinski definition) is 4. The van der Waals surface area contributed by atoms with Crippen LogP contribution in [0.3, 0.4) is 0 Å². The van der Waals surface area contributed by atoms with E-state index in [9.17, 15) is 9.59 Å². The lowest BCUT2D eigenvalue weighted by molar-refractivity contribution is -0.135. The number of rotatable bonds is 7. The Morgan fingerprint density at radius 1 is 0.897 bits per heavy atom. The normalized spacial score (nSPS) is 17.0. The Hall–Kier alpha value is -2.86. The third kappa shape index (κ3) is 5.57. The minimum absolute atomic E-state index is 0.0146. The van der Waals surface area contributed by atoms with Crippen LogP contribution in [0.4, 0.5) is 0 Å². The summed E-state index contributed by atoms with van der Waals surface area (Å²) in [4.78, 5) is 28.3. The Morgan fingerprint density at radius 2 is 1.55 bits per heavy atom. The SMILES string of the molecule is O=C(CN1CCN(C(=O)COc2ccc(-c3ccccc3)cc2)CC1)NC1CC1. The van der Waals surface area contributed by atoms with Crippen molar-refractivity contribution >= 4 is 11.8 Å². The van der Waals surface area contributed by atoms with Gasteiger partial charge in [-0.1, -0.05) is 42.5 Å². The molecule has 1 aliphatic carbocycles. The molecular formula is C23H27N3O3. The molecule has 1 aliphatic heterocycles. The highest BCUT2D eigenvalue weighted by Gasteiger charge is 2.26. The first-order valence-electron chi connectivity index (χ1n) is 10.3. The van der Waals surface area contributed by atoms with Gasteiger partial charge in [0.2, 0.25) is 5.91 Å². The van der Waals surface area contributed by atoms with Crippen molar-refractivity contribution in [3.63, 3.8) is 0 Å². The standard InChI is InChI=1S/C23H27N3O3/c27-22(24-20-8-9-20)16-25-12-14-26(15-13-25)23(28)17-29-21-10-6-19(7-11-21)18-4-2-1-3-5-18/h1-7,10-11,20H,8-9,12-17H2,(H,24,27).